The zero-order chi connectivity index (χ0) is 31.5. The van der Waals surface area contributed by atoms with Crippen molar-refractivity contribution in [3.05, 3.63) is 46.0 Å². The van der Waals surface area contributed by atoms with Gasteiger partial charge in [-0.05, 0) is 26.0 Å². The molecule has 2 aromatic carbocycles. The van der Waals surface area contributed by atoms with Crippen molar-refractivity contribution in [2.45, 2.75) is 75.3 Å². The smallest absolute Gasteiger partial charge is 0.229 e. The van der Waals surface area contributed by atoms with E-state index < -0.39 is 91.1 Å². The van der Waals surface area contributed by atoms with Crippen LogP contribution in [0.2, 0.25) is 0 Å². The van der Waals surface area contributed by atoms with Crippen LogP contribution >= 0.6 is 0 Å². The summed E-state index contributed by atoms with van der Waals surface area (Å²) >= 11 is 0. The van der Waals surface area contributed by atoms with Crippen LogP contribution in [0.5, 0.6) is 23.0 Å². The van der Waals surface area contributed by atoms with E-state index in [0.29, 0.717) is 0 Å². The number of ketones is 2. The molecule has 0 spiro atoms. The lowest BCUT2D eigenvalue weighted by molar-refractivity contribution is -0.318. The van der Waals surface area contributed by atoms with Crippen LogP contribution in [-0.4, -0.2) is 128 Å². The van der Waals surface area contributed by atoms with Crippen molar-refractivity contribution in [3.8, 4) is 23.0 Å². The molecule has 234 valence electrons. The Morgan fingerprint density at radius 1 is 0.767 bits per heavy atom. The van der Waals surface area contributed by atoms with Crippen molar-refractivity contribution in [1.29, 1.82) is 0 Å². The molecule has 2 aromatic rings. The Morgan fingerprint density at radius 3 is 2.07 bits per heavy atom. The predicted octanol–water partition coefficient (Wildman–Crippen LogP) is -1.78. The summed E-state index contributed by atoms with van der Waals surface area (Å²) in [6.07, 6.45) is -15.4. The number of rotatable bonds is 6. The zero-order valence-electron chi connectivity index (χ0n) is 23.1. The van der Waals surface area contributed by atoms with E-state index in [9.17, 15) is 50.4 Å². The van der Waals surface area contributed by atoms with Crippen molar-refractivity contribution in [1.82, 2.24) is 0 Å². The van der Waals surface area contributed by atoms with Gasteiger partial charge in [0.1, 0.15) is 65.7 Å². The number of aliphatic hydroxyl groups is 6. The van der Waals surface area contributed by atoms with Gasteiger partial charge in [0.2, 0.25) is 12.1 Å². The van der Waals surface area contributed by atoms with Crippen LogP contribution in [0.3, 0.4) is 0 Å². The van der Waals surface area contributed by atoms with Gasteiger partial charge in [0, 0.05) is 22.8 Å². The van der Waals surface area contributed by atoms with Crippen LogP contribution in [0.15, 0.2) is 18.2 Å². The highest BCUT2D eigenvalue weighted by atomic mass is 16.7. The Kier molecular flexibility index (Phi) is 8.38. The summed E-state index contributed by atoms with van der Waals surface area (Å²) in [5.74, 6) is -2.80. The number of carbonyl (C=O) groups is 2. The molecule has 2 aliphatic heterocycles. The van der Waals surface area contributed by atoms with E-state index in [1.54, 1.807) is 0 Å². The Hall–Kier alpha value is -3.38. The maximum Gasteiger partial charge on any atom is 0.229 e. The first-order chi connectivity index (χ1) is 20.3. The second-order valence-electron chi connectivity index (χ2n) is 10.6. The molecule has 2 fully saturated rings. The normalized spacial score (nSPS) is 34.0. The van der Waals surface area contributed by atoms with Crippen molar-refractivity contribution >= 4 is 11.6 Å². The third kappa shape index (κ3) is 5.22. The van der Waals surface area contributed by atoms with E-state index in [-0.39, 0.29) is 39.3 Å². The number of phenols is 2. The number of hydrogen-bond donors (Lipinski definition) is 8. The molecule has 0 saturated carbocycles. The fourth-order valence-corrected chi connectivity index (χ4v) is 5.30. The summed E-state index contributed by atoms with van der Waals surface area (Å²) < 4.78 is 27.3. The Labute approximate surface area is 244 Å². The van der Waals surface area contributed by atoms with Gasteiger partial charge in [-0.3, -0.25) is 9.59 Å². The Morgan fingerprint density at radius 2 is 1.40 bits per heavy atom. The summed E-state index contributed by atoms with van der Waals surface area (Å²) in [7, 11) is 1.31. The summed E-state index contributed by atoms with van der Waals surface area (Å²) in [6, 6.07) is 3.56. The Bertz CT molecular complexity index is 1430. The number of carbonyl (C=O) groups excluding carboxylic acids is 2. The van der Waals surface area contributed by atoms with Crippen molar-refractivity contribution in [3.63, 3.8) is 0 Å². The van der Waals surface area contributed by atoms with Crippen LogP contribution in [-0.2, 0) is 14.2 Å². The fourth-order valence-electron chi connectivity index (χ4n) is 5.30. The molecular formula is C28H32O15. The number of benzene rings is 2. The molecule has 0 aromatic heterocycles. The molecule has 43 heavy (non-hydrogen) atoms. The van der Waals surface area contributed by atoms with Gasteiger partial charge in [-0.2, -0.15) is 0 Å². The molecule has 1 aliphatic carbocycles. The topological polar surface area (TPSA) is 242 Å². The summed E-state index contributed by atoms with van der Waals surface area (Å²) in [5, 5.41) is 83.0. The standard InChI is InChI=1S/C28H32O15/c1-8-14(6-12-17(18(8)30)22(34)16-11(20(12)32)4-10(39-3)5-13(16)29)42-28-26(38)24(36)21(33)15(43-28)7-40-27-25(37)23(35)19(31)9(2)41-27/h4-6,9,15,19,21,23-31,33,35-38H,7H2,1-3H3/t9-,15+,19-,21+,23+,24-,25+,26+,27+,28+/m0/s1. The molecule has 0 unspecified atom stereocenters. The van der Waals surface area contributed by atoms with E-state index in [2.05, 4.69) is 0 Å². The molecule has 0 bridgehead atoms. The molecule has 5 rings (SSSR count). The average molecular weight is 609 g/mol. The SMILES string of the molecule is COc1cc(O)c2c(c1)C(=O)c1cc(O[C@@H]3O[C@H](CO[C@@H]4O[C@@H](C)[C@H](O)[C@@H](O)[C@H]4O)[C@@H](O)[C@H](O)[C@H]3O)c(C)c(O)c1C2=O. The van der Waals surface area contributed by atoms with Gasteiger partial charge in [-0.1, -0.05) is 0 Å². The lowest BCUT2D eigenvalue weighted by Crippen LogP contribution is -2.61. The van der Waals surface area contributed by atoms with Crippen LogP contribution in [0.25, 0.3) is 0 Å². The summed E-state index contributed by atoms with van der Waals surface area (Å²) in [4.78, 5) is 26.7. The zero-order valence-corrected chi connectivity index (χ0v) is 23.1. The third-order valence-electron chi connectivity index (χ3n) is 7.92. The second-order valence-corrected chi connectivity index (χ2v) is 10.6. The molecule has 0 radical (unpaired) electrons. The maximum atomic E-state index is 13.4. The molecule has 2 heterocycles. The molecule has 3 aliphatic rings. The van der Waals surface area contributed by atoms with Crippen molar-refractivity contribution in [2.24, 2.45) is 0 Å². The molecular weight excluding hydrogens is 576 g/mol. The van der Waals surface area contributed by atoms with E-state index in [4.69, 9.17) is 23.7 Å². The van der Waals surface area contributed by atoms with Crippen LogP contribution in [0, 0.1) is 6.92 Å². The van der Waals surface area contributed by atoms with Gasteiger partial charge in [0.05, 0.1) is 30.9 Å². The quantitative estimate of drug-likeness (QED) is 0.154. The molecule has 8 N–H and O–H groups in total. The highest BCUT2D eigenvalue weighted by Gasteiger charge is 2.48. The molecule has 10 atom stereocenters. The van der Waals surface area contributed by atoms with Crippen LogP contribution in [0.1, 0.15) is 44.3 Å². The van der Waals surface area contributed by atoms with Gasteiger partial charge in [0.25, 0.3) is 0 Å². The van der Waals surface area contributed by atoms with E-state index in [1.165, 1.54) is 27.0 Å². The number of aromatic hydroxyl groups is 2. The van der Waals surface area contributed by atoms with Gasteiger partial charge in [0.15, 0.2) is 12.1 Å². The molecule has 2 saturated heterocycles. The largest absolute Gasteiger partial charge is 0.507 e. The number of ether oxygens (including phenoxy) is 5. The summed E-state index contributed by atoms with van der Waals surface area (Å²) in [5.41, 5.74) is -1.17. The van der Waals surface area contributed by atoms with Crippen LogP contribution < -0.4 is 9.47 Å². The van der Waals surface area contributed by atoms with Gasteiger partial charge in [-0.15, -0.1) is 0 Å². The van der Waals surface area contributed by atoms with Crippen molar-refractivity contribution in [2.75, 3.05) is 13.7 Å². The monoisotopic (exact) mass is 608 g/mol. The first-order valence-corrected chi connectivity index (χ1v) is 13.3. The van der Waals surface area contributed by atoms with E-state index in [1.807, 2.05) is 0 Å². The van der Waals surface area contributed by atoms with Gasteiger partial charge in [-0.25, -0.2) is 0 Å². The minimum absolute atomic E-state index is 0.0409. The lowest BCUT2D eigenvalue weighted by Gasteiger charge is -2.42. The van der Waals surface area contributed by atoms with E-state index in [0.717, 1.165) is 12.1 Å². The number of phenolic OH excluding ortho intramolecular Hbond substituents is 2. The lowest BCUT2D eigenvalue weighted by atomic mass is 9.82. The minimum atomic E-state index is -1.84. The highest BCUT2D eigenvalue weighted by Crippen LogP contribution is 2.43. The number of hydrogen-bond acceptors (Lipinski definition) is 15. The highest BCUT2D eigenvalue weighted by molar-refractivity contribution is 6.30. The maximum absolute atomic E-state index is 13.4. The average Bonchev–Trinajstić information content (AvgIpc) is 2.98. The van der Waals surface area contributed by atoms with Crippen LogP contribution in [0.4, 0.5) is 0 Å². The van der Waals surface area contributed by atoms with E-state index >= 15 is 0 Å². The minimum Gasteiger partial charge on any atom is -0.507 e. The molecule has 0 amide bonds. The fraction of sp³-hybridized carbons (Fsp3) is 0.500. The van der Waals surface area contributed by atoms with Gasteiger partial charge < -0.3 is 64.5 Å². The second kappa shape index (κ2) is 11.6. The van der Waals surface area contributed by atoms with Crippen molar-refractivity contribution < 1.29 is 74.1 Å². The first kappa shape index (κ1) is 31.1. The number of methoxy groups -OCH3 is 1. The van der Waals surface area contributed by atoms with Gasteiger partial charge >= 0.3 is 0 Å². The first-order valence-electron chi connectivity index (χ1n) is 13.3. The number of aliphatic hydroxyl groups excluding tert-OH is 6. The summed E-state index contributed by atoms with van der Waals surface area (Å²) in [6.45, 7) is 2.26. The number of fused-ring (bicyclic) bond motifs is 2. The predicted molar refractivity (Wildman–Crippen MR) is 140 cm³/mol. The molecule has 15 nitrogen and oxygen atoms in total. The Balaban J connectivity index is 1.39. The molecule has 15 heteroatoms. The third-order valence-corrected chi connectivity index (χ3v) is 7.92.